The predicted octanol–water partition coefficient (Wildman–Crippen LogP) is 18.0. The Bertz CT molecular complexity index is 889. The largest absolute Gasteiger partial charge is 3.00 e. The van der Waals surface area contributed by atoms with Crippen LogP contribution in [-0.2, 0) is 32.7 Å². The Morgan fingerprint density at radius 3 is 0.761 bits per heavy atom. The minimum absolute atomic E-state index is 0. The summed E-state index contributed by atoms with van der Waals surface area (Å²) in [5, 5.41) is 0. The molecule has 0 N–H and O–H groups in total. The van der Waals surface area contributed by atoms with Gasteiger partial charge in [-0.15, -0.1) is 6.42 Å². The van der Waals surface area contributed by atoms with E-state index in [-0.39, 0.29) is 55.0 Å². The van der Waals surface area contributed by atoms with E-state index in [0.717, 1.165) is 24.7 Å². The van der Waals surface area contributed by atoms with Crippen molar-refractivity contribution >= 4 is 0 Å². The van der Waals surface area contributed by atoms with Crippen molar-refractivity contribution in [1.29, 1.82) is 0 Å². The standard InChI is InChI=1S/C10H20.2C9H20N2.C8H16.C6H13N.C5H12.C5H10.C4H9.C2H6.3CH4.Y/c1-10(2,3)9-7-5-4-6-8-9;2*1-9(2,3)11-7-5-10(4)6-8-11;1-8(2,3)7-5-4-6-7;1-7-5-3-2-4-6-7;1-5(2,3)4;1-3-5-4-2;1-4(2)3;1-2;;;;/h9H,4-8H2,1-3H3;2*5-8H2,1-4H3;7H,4-6H2,1-3H3;2-6H2,1H3;1-4H3;1-5H2;1-3H3;1-2H3;3*1H4;/q;;;;;;-2;-1;;;;;+3. The second-order valence-corrected chi connectivity index (χ2v) is 25.5. The predicted molar refractivity (Wildman–Crippen MR) is 313 cm³/mol. The maximum absolute atomic E-state index is 3.64. The maximum atomic E-state index is 3.64. The van der Waals surface area contributed by atoms with Gasteiger partial charge in [0.2, 0.25) is 0 Å². The number of rotatable bonds is 2. The summed E-state index contributed by atoms with van der Waals surface area (Å²) in [6, 6.07) is 0. The van der Waals surface area contributed by atoms with Crippen molar-refractivity contribution in [2.24, 2.45) is 28.1 Å². The van der Waals surface area contributed by atoms with E-state index < -0.39 is 0 Å². The second-order valence-electron chi connectivity index (χ2n) is 25.5. The fraction of sp³-hybridized carbons (Fsp3) is 0.951. The number of likely N-dealkylation sites (tertiary alicyclic amines) is 1. The van der Waals surface area contributed by atoms with Crippen molar-refractivity contribution in [1.82, 2.24) is 24.5 Å². The number of piperidine rings is 1. The third kappa shape index (κ3) is 59.4. The molecule has 6 heteroatoms. The van der Waals surface area contributed by atoms with Crippen molar-refractivity contribution < 1.29 is 32.7 Å². The van der Waals surface area contributed by atoms with Gasteiger partial charge in [0.15, 0.2) is 0 Å². The summed E-state index contributed by atoms with van der Waals surface area (Å²) in [5.74, 6) is 3.45. The Balaban J connectivity index is -0.0000000996. The molecule has 0 bridgehead atoms. The molecule has 0 amide bonds. The molecule has 67 heavy (non-hydrogen) atoms. The van der Waals surface area contributed by atoms with Crippen molar-refractivity contribution in [3.05, 3.63) is 19.8 Å². The van der Waals surface area contributed by atoms with Gasteiger partial charge in [0, 0.05) is 63.4 Å². The second kappa shape index (κ2) is 46.7. The Morgan fingerprint density at radius 1 is 0.403 bits per heavy atom. The molecule has 5 fully saturated rings. The van der Waals surface area contributed by atoms with Crippen LogP contribution in [0, 0.1) is 47.8 Å². The Labute approximate surface area is 457 Å². The van der Waals surface area contributed by atoms with E-state index in [1.165, 1.54) is 148 Å². The fourth-order valence-corrected chi connectivity index (χ4v) is 7.43. The Morgan fingerprint density at radius 2 is 0.627 bits per heavy atom. The molecule has 5 aliphatic rings. The minimum Gasteiger partial charge on any atom is -0.343 e. The van der Waals surface area contributed by atoms with Crippen LogP contribution in [0.2, 0.25) is 0 Å². The first-order valence-corrected chi connectivity index (χ1v) is 26.7. The van der Waals surface area contributed by atoms with Crippen LogP contribution in [-0.4, -0.2) is 122 Å². The van der Waals surface area contributed by atoms with Gasteiger partial charge < -0.3 is 34.5 Å². The molecule has 0 aromatic rings. The van der Waals surface area contributed by atoms with Crippen molar-refractivity contribution in [2.75, 3.05) is 86.6 Å². The molecular formula is C61H138N5Y. The molecule has 2 saturated carbocycles. The van der Waals surface area contributed by atoms with Gasteiger partial charge >= 0.3 is 32.7 Å². The molecule has 0 aromatic heterocycles. The SMILES string of the molecule is C.C.C.CC.CC(C)(C)C.CC(C)(C)C1CCC1.CC(C)(C)C1CCCCC1.CN1CCCCC1.CN1CCN(C(C)(C)C)CC1.CN1CCN(C(C)(C)C)CC1.C[C-](C)C.[CH2-]CCC[CH2-].[Y+3]. The summed E-state index contributed by atoms with van der Waals surface area (Å²) < 4.78 is 0. The van der Waals surface area contributed by atoms with Crippen LogP contribution < -0.4 is 0 Å². The van der Waals surface area contributed by atoms with Crippen molar-refractivity contribution in [3.8, 4) is 0 Å². The van der Waals surface area contributed by atoms with E-state index >= 15 is 0 Å². The topological polar surface area (TPSA) is 16.2 Å². The third-order valence-electron chi connectivity index (χ3n) is 12.1. The fourth-order valence-electron chi connectivity index (χ4n) is 7.43. The zero-order valence-corrected chi connectivity index (χ0v) is 52.2. The average molecular weight is 1030 g/mol. The molecule has 0 atom stereocenters. The molecule has 5 rings (SSSR count). The summed E-state index contributed by atoms with van der Waals surface area (Å²) in [6.07, 6.45) is 19.3. The monoisotopic (exact) mass is 1030 g/mol. The van der Waals surface area contributed by atoms with Gasteiger partial charge in [-0.25, -0.2) is 0 Å². The molecule has 410 valence electrons. The van der Waals surface area contributed by atoms with E-state index in [4.69, 9.17) is 0 Å². The molecule has 0 spiro atoms. The third-order valence-corrected chi connectivity index (χ3v) is 12.1. The van der Waals surface area contributed by atoms with Crippen LogP contribution in [0.1, 0.15) is 258 Å². The number of hydrogen-bond acceptors (Lipinski definition) is 5. The number of likely N-dealkylation sites (N-methyl/N-ethyl adjacent to an activating group) is 2. The molecule has 3 heterocycles. The first-order valence-electron chi connectivity index (χ1n) is 26.7. The van der Waals surface area contributed by atoms with Crippen LogP contribution in [0.15, 0.2) is 0 Å². The zero-order valence-electron chi connectivity index (χ0n) is 49.4. The number of hydrogen-bond donors (Lipinski definition) is 0. The summed E-state index contributed by atoms with van der Waals surface area (Å²) in [5.41, 5.74) is 2.39. The number of nitrogens with zero attached hydrogens (tertiary/aromatic N) is 5. The maximum Gasteiger partial charge on any atom is 3.00 e. The van der Waals surface area contributed by atoms with Gasteiger partial charge in [0.05, 0.1) is 0 Å². The van der Waals surface area contributed by atoms with Gasteiger partial charge in [0.1, 0.15) is 0 Å². The molecule has 3 saturated heterocycles. The quantitative estimate of drug-likeness (QED) is 0.256. The molecule has 5 nitrogen and oxygen atoms in total. The summed E-state index contributed by atoms with van der Waals surface area (Å²) in [4.78, 5) is 12.3. The van der Waals surface area contributed by atoms with Crippen LogP contribution in [0.5, 0.6) is 0 Å². The van der Waals surface area contributed by atoms with Gasteiger partial charge in [-0.1, -0.05) is 137 Å². The van der Waals surface area contributed by atoms with Crippen molar-refractivity contribution in [2.45, 2.75) is 269 Å². The summed E-state index contributed by atoms with van der Waals surface area (Å²) in [6.45, 7) is 66.6. The van der Waals surface area contributed by atoms with Gasteiger partial charge in [0.25, 0.3) is 0 Å². The smallest absolute Gasteiger partial charge is 0.343 e. The average Bonchev–Trinajstić information content (AvgIpc) is 3.12. The van der Waals surface area contributed by atoms with Gasteiger partial charge in [-0.2, -0.15) is 33.6 Å². The van der Waals surface area contributed by atoms with E-state index in [9.17, 15) is 0 Å². The van der Waals surface area contributed by atoms with Crippen molar-refractivity contribution in [3.63, 3.8) is 0 Å². The number of piperazine rings is 2. The molecule has 0 radical (unpaired) electrons. The van der Waals surface area contributed by atoms with Gasteiger partial charge in [-0.3, -0.25) is 9.80 Å². The minimum atomic E-state index is 0. The van der Waals surface area contributed by atoms with Gasteiger partial charge in [-0.05, 0) is 142 Å². The molecule has 0 aromatic carbocycles. The molecular weight excluding hydrogens is 892 g/mol. The Hall–Kier alpha value is 0.904. The zero-order chi connectivity index (χ0) is 50.1. The first-order chi connectivity index (χ1) is 28.7. The van der Waals surface area contributed by atoms with E-state index in [2.05, 4.69) is 191 Å². The molecule has 3 aliphatic heterocycles. The van der Waals surface area contributed by atoms with E-state index in [1.54, 1.807) is 0 Å². The van der Waals surface area contributed by atoms with Crippen LogP contribution >= 0.6 is 0 Å². The Kier molecular flexibility index (Phi) is 59.0. The molecule has 0 unspecified atom stereocenters. The van der Waals surface area contributed by atoms with Crippen LogP contribution in [0.4, 0.5) is 0 Å². The van der Waals surface area contributed by atoms with E-state index in [1.807, 2.05) is 13.8 Å². The summed E-state index contributed by atoms with van der Waals surface area (Å²) in [7, 11) is 6.58. The van der Waals surface area contributed by atoms with Crippen LogP contribution in [0.25, 0.3) is 0 Å². The van der Waals surface area contributed by atoms with E-state index in [0.29, 0.717) is 27.3 Å². The van der Waals surface area contributed by atoms with Crippen LogP contribution in [0.3, 0.4) is 0 Å². The first kappa shape index (κ1) is 84.7. The summed E-state index contributed by atoms with van der Waals surface area (Å²) >= 11 is 0. The molecule has 2 aliphatic carbocycles. The number of unbranched alkanes of at least 4 members (excludes halogenated alkanes) is 2. The normalized spacial score (nSPS) is 18.9.